The van der Waals surface area contributed by atoms with E-state index >= 15 is 0 Å². The topological polar surface area (TPSA) is 83.9 Å². The average Bonchev–Trinajstić information content (AvgIpc) is 3.10. The molecular weight excluding hydrogens is 510 g/mol. The number of benzene rings is 3. The lowest BCUT2D eigenvalue weighted by atomic mass is 9.94. The summed E-state index contributed by atoms with van der Waals surface area (Å²) in [6.07, 6.45) is 0.109. The highest BCUT2D eigenvalue weighted by atomic mass is 79.9. The number of amides is 1. The van der Waals surface area contributed by atoms with Crippen molar-refractivity contribution in [3.05, 3.63) is 105 Å². The molecule has 6 nitrogen and oxygen atoms in total. The van der Waals surface area contributed by atoms with Gasteiger partial charge in [0.25, 0.3) is 11.7 Å². The van der Waals surface area contributed by atoms with Crippen LogP contribution >= 0.6 is 15.9 Å². The van der Waals surface area contributed by atoms with E-state index < -0.39 is 17.7 Å². The van der Waals surface area contributed by atoms with Crippen LogP contribution in [0, 0.1) is 6.92 Å². The number of aryl methyl sites for hydroxylation is 1. The van der Waals surface area contributed by atoms with Gasteiger partial charge in [-0.3, -0.25) is 19.3 Å². The highest BCUT2D eigenvalue weighted by Gasteiger charge is 2.47. The molecule has 1 heterocycles. The van der Waals surface area contributed by atoms with Crippen LogP contribution in [0.25, 0.3) is 5.76 Å². The molecule has 1 unspecified atom stereocenters. The predicted octanol–water partition coefficient (Wildman–Crippen LogP) is 5.49. The van der Waals surface area contributed by atoms with Crippen LogP contribution in [0.1, 0.15) is 35.2 Å². The van der Waals surface area contributed by atoms with E-state index in [1.165, 1.54) is 4.90 Å². The molecule has 0 aliphatic carbocycles. The van der Waals surface area contributed by atoms with Crippen LogP contribution in [0.15, 0.2) is 82.8 Å². The zero-order chi connectivity index (χ0) is 25.1. The van der Waals surface area contributed by atoms with Gasteiger partial charge < -0.3 is 9.84 Å². The van der Waals surface area contributed by atoms with Crippen molar-refractivity contribution in [2.45, 2.75) is 26.3 Å². The summed E-state index contributed by atoms with van der Waals surface area (Å²) in [5, 5.41) is 11.2. The minimum atomic E-state index is -0.811. The summed E-state index contributed by atoms with van der Waals surface area (Å²) in [7, 11) is 0. The van der Waals surface area contributed by atoms with Crippen LogP contribution in [-0.4, -0.2) is 29.4 Å². The molecule has 1 N–H and O–H groups in total. The molecule has 0 saturated carbocycles. The van der Waals surface area contributed by atoms with Crippen LogP contribution in [0.4, 0.5) is 5.69 Å². The SMILES string of the molecule is CCOC(=O)Cc1ccc(N2C(=O)C(=O)/C(=C(\O)c3ccc(Br)cc3)C2c2cccc(C)c2)cc1. The van der Waals surface area contributed by atoms with Crippen molar-refractivity contribution in [3.8, 4) is 0 Å². The second kappa shape index (κ2) is 10.3. The van der Waals surface area contributed by atoms with Crippen molar-refractivity contribution in [2.24, 2.45) is 0 Å². The molecule has 0 aromatic heterocycles. The van der Waals surface area contributed by atoms with Gasteiger partial charge in [0.15, 0.2) is 0 Å². The van der Waals surface area contributed by atoms with Crippen LogP contribution in [0.5, 0.6) is 0 Å². The molecule has 0 bridgehead atoms. The van der Waals surface area contributed by atoms with Crippen molar-refractivity contribution in [1.82, 2.24) is 0 Å². The number of Topliss-reactive ketones (excluding diaryl/α,β-unsaturated/α-hetero) is 1. The van der Waals surface area contributed by atoms with E-state index in [9.17, 15) is 19.5 Å². The molecular formula is C28H24BrNO5. The van der Waals surface area contributed by atoms with Gasteiger partial charge in [-0.15, -0.1) is 0 Å². The Kier molecular flexibility index (Phi) is 7.17. The van der Waals surface area contributed by atoms with E-state index in [1.807, 2.05) is 31.2 Å². The third-order valence-electron chi connectivity index (χ3n) is 5.79. The van der Waals surface area contributed by atoms with Crippen LogP contribution in [-0.2, 0) is 25.5 Å². The molecule has 1 fully saturated rings. The summed E-state index contributed by atoms with van der Waals surface area (Å²) in [5.74, 6) is -2.06. The zero-order valence-corrected chi connectivity index (χ0v) is 20.9. The van der Waals surface area contributed by atoms with Crippen molar-refractivity contribution in [2.75, 3.05) is 11.5 Å². The number of halogens is 1. The van der Waals surface area contributed by atoms with Crippen molar-refractivity contribution in [1.29, 1.82) is 0 Å². The lowest BCUT2D eigenvalue weighted by Crippen LogP contribution is -2.29. The summed E-state index contributed by atoms with van der Waals surface area (Å²) in [6.45, 7) is 3.97. The minimum Gasteiger partial charge on any atom is -0.507 e. The molecule has 7 heteroatoms. The van der Waals surface area contributed by atoms with Gasteiger partial charge in [-0.2, -0.15) is 0 Å². The monoisotopic (exact) mass is 533 g/mol. The van der Waals surface area contributed by atoms with Gasteiger partial charge in [0.05, 0.1) is 24.6 Å². The molecule has 178 valence electrons. The van der Waals surface area contributed by atoms with Gasteiger partial charge in [-0.1, -0.05) is 70.0 Å². The maximum Gasteiger partial charge on any atom is 0.310 e. The van der Waals surface area contributed by atoms with Gasteiger partial charge in [-0.05, 0) is 49.2 Å². The first-order chi connectivity index (χ1) is 16.8. The summed E-state index contributed by atoms with van der Waals surface area (Å²) >= 11 is 3.37. The van der Waals surface area contributed by atoms with E-state index in [0.717, 1.165) is 15.6 Å². The number of aliphatic hydroxyl groups excluding tert-OH is 1. The number of anilines is 1. The molecule has 1 saturated heterocycles. The van der Waals surface area contributed by atoms with Gasteiger partial charge in [0, 0.05) is 15.7 Å². The Morgan fingerprint density at radius 2 is 1.71 bits per heavy atom. The Bertz CT molecular complexity index is 1310. The summed E-state index contributed by atoms with van der Waals surface area (Å²) in [5.41, 5.74) is 3.35. The first kappa shape index (κ1) is 24.4. The summed E-state index contributed by atoms with van der Waals surface area (Å²) in [6, 6.07) is 20.4. The first-order valence-corrected chi connectivity index (χ1v) is 12.0. The lowest BCUT2D eigenvalue weighted by molar-refractivity contribution is -0.142. The predicted molar refractivity (Wildman–Crippen MR) is 137 cm³/mol. The van der Waals surface area contributed by atoms with Gasteiger partial charge in [-0.25, -0.2) is 0 Å². The maximum absolute atomic E-state index is 13.3. The Balaban J connectivity index is 1.81. The smallest absolute Gasteiger partial charge is 0.310 e. The van der Waals surface area contributed by atoms with E-state index in [2.05, 4.69) is 15.9 Å². The van der Waals surface area contributed by atoms with Crippen molar-refractivity contribution in [3.63, 3.8) is 0 Å². The molecule has 3 aromatic carbocycles. The minimum absolute atomic E-state index is 0.0264. The van der Waals surface area contributed by atoms with E-state index in [-0.39, 0.29) is 23.7 Å². The number of hydrogen-bond donors (Lipinski definition) is 1. The first-order valence-electron chi connectivity index (χ1n) is 11.2. The number of aliphatic hydroxyl groups is 1. The molecule has 0 spiro atoms. The molecule has 4 rings (SSSR count). The van der Waals surface area contributed by atoms with E-state index in [0.29, 0.717) is 23.4 Å². The number of esters is 1. The molecule has 35 heavy (non-hydrogen) atoms. The maximum atomic E-state index is 13.3. The largest absolute Gasteiger partial charge is 0.507 e. The number of nitrogens with zero attached hydrogens (tertiary/aromatic N) is 1. The third kappa shape index (κ3) is 5.05. The van der Waals surface area contributed by atoms with Crippen LogP contribution in [0.3, 0.4) is 0 Å². The van der Waals surface area contributed by atoms with Crippen molar-refractivity contribution >= 4 is 45.0 Å². The summed E-state index contributed by atoms with van der Waals surface area (Å²) in [4.78, 5) is 39.7. The summed E-state index contributed by atoms with van der Waals surface area (Å²) < 4.78 is 5.82. The Morgan fingerprint density at radius 3 is 2.34 bits per heavy atom. The Hall–Kier alpha value is -3.71. The van der Waals surface area contributed by atoms with E-state index in [4.69, 9.17) is 4.74 Å². The molecule has 0 radical (unpaired) electrons. The number of rotatable bonds is 6. The molecule has 1 amide bonds. The molecule has 1 aliphatic heterocycles. The number of ether oxygens (including phenoxy) is 1. The number of carbonyl (C=O) groups excluding carboxylic acids is 3. The normalized spacial score (nSPS) is 17.0. The fourth-order valence-corrected chi connectivity index (χ4v) is 4.44. The Labute approximate surface area is 212 Å². The average molecular weight is 534 g/mol. The van der Waals surface area contributed by atoms with Gasteiger partial charge in [0.2, 0.25) is 0 Å². The lowest BCUT2D eigenvalue weighted by Gasteiger charge is -2.26. The molecule has 1 aliphatic rings. The standard InChI is InChI=1S/C28H24BrNO5/c1-3-35-23(31)16-18-7-13-22(14-8-18)30-25(20-6-4-5-17(2)15-20)24(27(33)28(30)34)26(32)19-9-11-21(29)12-10-19/h4-15,25,32H,3,16H2,1-2H3/b26-24-. The van der Waals surface area contributed by atoms with E-state index in [1.54, 1.807) is 55.5 Å². The second-order valence-electron chi connectivity index (χ2n) is 8.24. The van der Waals surface area contributed by atoms with Crippen LogP contribution < -0.4 is 4.90 Å². The highest BCUT2D eigenvalue weighted by molar-refractivity contribution is 9.10. The zero-order valence-electron chi connectivity index (χ0n) is 19.3. The highest BCUT2D eigenvalue weighted by Crippen LogP contribution is 2.42. The number of ketones is 1. The Morgan fingerprint density at radius 1 is 1.03 bits per heavy atom. The fourth-order valence-electron chi connectivity index (χ4n) is 4.17. The third-order valence-corrected chi connectivity index (χ3v) is 6.32. The molecule has 3 aromatic rings. The van der Waals surface area contributed by atoms with Gasteiger partial charge >= 0.3 is 5.97 Å². The quantitative estimate of drug-likeness (QED) is 0.196. The van der Waals surface area contributed by atoms with Gasteiger partial charge in [0.1, 0.15) is 5.76 Å². The van der Waals surface area contributed by atoms with Crippen molar-refractivity contribution < 1.29 is 24.2 Å². The fraction of sp³-hybridized carbons (Fsp3) is 0.179. The number of carbonyl (C=O) groups is 3. The molecule has 1 atom stereocenters. The number of hydrogen-bond acceptors (Lipinski definition) is 5. The second-order valence-corrected chi connectivity index (χ2v) is 9.15. The van der Waals surface area contributed by atoms with Crippen LogP contribution in [0.2, 0.25) is 0 Å².